The molecule has 0 aliphatic carbocycles. The number of ether oxygens (including phenoxy) is 1. The molecule has 0 aliphatic rings. The molecule has 41 heavy (non-hydrogen) atoms. The van der Waals surface area contributed by atoms with Crippen LogP contribution in [0.1, 0.15) is 11.1 Å². The average Bonchev–Trinajstić information content (AvgIpc) is 2.94. The summed E-state index contributed by atoms with van der Waals surface area (Å²) in [6.45, 7) is 3.18. The Morgan fingerprint density at radius 2 is 1.44 bits per heavy atom. The summed E-state index contributed by atoms with van der Waals surface area (Å²) in [5.41, 5.74) is 2.79. The Morgan fingerprint density at radius 3 is 2.02 bits per heavy atom. The molecule has 1 amide bonds. The number of hydrogen-bond donors (Lipinski definition) is 2. The number of carbonyl (C=O) groups excluding carboxylic acids is 1. The van der Waals surface area contributed by atoms with Crippen LogP contribution in [0.15, 0.2) is 101 Å². The minimum atomic E-state index is -4.16. The van der Waals surface area contributed by atoms with Gasteiger partial charge in [-0.1, -0.05) is 29.3 Å². The van der Waals surface area contributed by atoms with Crippen molar-refractivity contribution in [3.8, 4) is 5.75 Å². The van der Waals surface area contributed by atoms with Crippen LogP contribution in [-0.2, 0) is 24.8 Å². The zero-order valence-electron chi connectivity index (χ0n) is 22.5. The molecule has 0 radical (unpaired) electrons. The highest BCUT2D eigenvalue weighted by atomic mass is 35.5. The van der Waals surface area contributed by atoms with E-state index in [0.29, 0.717) is 22.1 Å². The van der Waals surface area contributed by atoms with Gasteiger partial charge in [0.15, 0.2) is 0 Å². The minimum absolute atomic E-state index is 0.000322. The van der Waals surface area contributed by atoms with Crippen LogP contribution in [0.4, 0.5) is 17.1 Å². The molecule has 0 saturated heterocycles. The Morgan fingerprint density at radius 1 is 0.829 bits per heavy atom. The van der Waals surface area contributed by atoms with Crippen LogP contribution in [0, 0.1) is 13.8 Å². The summed E-state index contributed by atoms with van der Waals surface area (Å²) in [5.74, 6) is -0.157. The Kier molecular flexibility index (Phi) is 8.91. The number of benzene rings is 4. The van der Waals surface area contributed by atoms with E-state index in [2.05, 4.69) is 10.0 Å². The zero-order valence-corrected chi connectivity index (χ0v) is 24.8. The molecular weight excluding hydrogens is 586 g/mol. The van der Waals surface area contributed by atoms with E-state index in [-0.39, 0.29) is 15.5 Å². The first kappa shape index (κ1) is 29.9. The van der Waals surface area contributed by atoms with Crippen LogP contribution in [0.2, 0.25) is 5.02 Å². The molecule has 0 saturated carbocycles. The van der Waals surface area contributed by atoms with E-state index >= 15 is 0 Å². The summed E-state index contributed by atoms with van der Waals surface area (Å²) in [6.07, 6.45) is 0. The number of anilines is 3. The third kappa shape index (κ3) is 7.18. The average molecular weight is 614 g/mol. The van der Waals surface area contributed by atoms with Gasteiger partial charge in [-0.2, -0.15) is 0 Å². The largest absolute Gasteiger partial charge is 0.497 e. The second-order valence-corrected chi connectivity index (χ2v) is 13.1. The molecule has 4 aromatic carbocycles. The molecule has 4 aromatic rings. The maximum Gasteiger partial charge on any atom is 0.264 e. The van der Waals surface area contributed by atoms with Crippen molar-refractivity contribution in [2.45, 2.75) is 23.6 Å². The van der Waals surface area contributed by atoms with Crippen molar-refractivity contribution in [3.63, 3.8) is 0 Å². The van der Waals surface area contributed by atoms with Crippen LogP contribution < -0.4 is 19.1 Å². The predicted molar refractivity (Wildman–Crippen MR) is 161 cm³/mol. The Hall–Kier alpha value is -4.06. The lowest BCUT2D eigenvalue weighted by atomic mass is 10.1. The van der Waals surface area contributed by atoms with Crippen molar-refractivity contribution in [2.75, 3.05) is 28.0 Å². The topological polar surface area (TPSA) is 122 Å². The number of halogens is 1. The molecule has 0 aromatic heterocycles. The highest BCUT2D eigenvalue weighted by Crippen LogP contribution is 2.27. The summed E-state index contributed by atoms with van der Waals surface area (Å²) in [5, 5.41) is 3.04. The molecule has 0 fully saturated rings. The standard InChI is InChI=1S/C29H28ClN3O6S2/c1-20-4-17-28(21(2)18-20)32-40(35,36)26-13-7-23(8-14-26)31-29(34)19-33(24-9-5-22(30)6-10-24)41(37,38)27-15-11-25(39-3)12-16-27/h4-18,32H,19H2,1-3H3,(H,31,34). The number of hydrogen-bond acceptors (Lipinski definition) is 6. The first-order chi connectivity index (χ1) is 19.4. The highest BCUT2D eigenvalue weighted by molar-refractivity contribution is 7.93. The van der Waals surface area contributed by atoms with Crippen LogP contribution in [-0.4, -0.2) is 36.4 Å². The molecule has 9 nitrogen and oxygen atoms in total. The van der Waals surface area contributed by atoms with Crippen molar-refractivity contribution in [2.24, 2.45) is 0 Å². The van der Waals surface area contributed by atoms with Gasteiger partial charge >= 0.3 is 0 Å². The third-order valence-corrected chi connectivity index (χ3v) is 9.55. The fourth-order valence-electron chi connectivity index (χ4n) is 3.98. The maximum atomic E-state index is 13.6. The van der Waals surface area contributed by atoms with E-state index in [1.165, 1.54) is 79.9 Å². The molecule has 214 valence electrons. The van der Waals surface area contributed by atoms with E-state index in [4.69, 9.17) is 16.3 Å². The van der Waals surface area contributed by atoms with Gasteiger partial charge in [-0.15, -0.1) is 0 Å². The van der Waals surface area contributed by atoms with Crippen molar-refractivity contribution in [1.82, 2.24) is 0 Å². The monoisotopic (exact) mass is 613 g/mol. The van der Waals surface area contributed by atoms with Gasteiger partial charge in [0.1, 0.15) is 12.3 Å². The number of nitrogens with one attached hydrogen (secondary N) is 2. The number of sulfonamides is 2. The molecule has 0 aliphatic heterocycles. The lowest BCUT2D eigenvalue weighted by Crippen LogP contribution is -2.38. The molecule has 12 heteroatoms. The molecule has 4 rings (SSSR count). The van der Waals surface area contributed by atoms with E-state index in [0.717, 1.165) is 15.4 Å². The Balaban J connectivity index is 1.53. The smallest absolute Gasteiger partial charge is 0.264 e. The van der Waals surface area contributed by atoms with Crippen LogP contribution in [0.25, 0.3) is 0 Å². The van der Waals surface area contributed by atoms with Gasteiger partial charge in [0.05, 0.1) is 28.3 Å². The summed E-state index contributed by atoms with van der Waals surface area (Å²) < 4.78 is 61.5. The van der Waals surface area contributed by atoms with Crippen LogP contribution in [0.3, 0.4) is 0 Å². The summed E-state index contributed by atoms with van der Waals surface area (Å²) in [6, 6.07) is 22.8. The number of nitrogens with zero attached hydrogens (tertiary/aromatic N) is 1. The number of carbonyl (C=O) groups is 1. The van der Waals surface area contributed by atoms with Gasteiger partial charge in [0, 0.05) is 10.7 Å². The van der Waals surface area contributed by atoms with Crippen molar-refractivity contribution < 1.29 is 26.4 Å². The molecule has 2 N–H and O–H groups in total. The lowest BCUT2D eigenvalue weighted by molar-refractivity contribution is -0.114. The minimum Gasteiger partial charge on any atom is -0.497 e. The van der Waals surface area contributed by atoms with E-state index in [9.17, 15) is 21.6 Å². The van der Waals surface area contributed by atoms with Gasteiger partial charge in [-0.05, 0) is 98.3 Å². The third-order valence-electron chi connectivity index (χ3n) is 6.12. The second-order valence-electron chi connectivity index (χ2n) is 9.16. The Labute approximate surface area is 244 Å². The van der Waals surface area contributed by atoms with Crippen molar-refractivity contribution in [1.29, 1.82) is 0 Å². The number of rotatable bonds is 10. The predicted octanol–water partition coefficient (Wildman–Crippen LogP) is 5.60. The quantitative estimate of drug-likeness (QED) is 0.240. The second kappa shape index (κ2) is 12.2. The first-order valence-corrected chi connectivity index (χ1v) is 15.6. The number of aryl methyl sites for hydroxylation is 2. The SMILES string of the molecule is COc1ccc(S(=O)(=O)N(CC(=O)Nc2ccc(S(=O)(=O)Nc3ccc(C)cc3C)cc2)c2ccc(Cl)cc2)cc1. The number of methoxy groups -OCH3 is 1. The van der Waals surface area contributed by atoms with Crippen molar-refractivity contribution in [3.05, 3.63) is 107 Å². The summed E-state index contributed by atoms with van der Waals surface area (Å²) in [7, 11) is -6.56. The van der Waals surface area contributed by atoms with Gasteiger partial charge < -0.3 is 10.1 Å². The lowest BCUT2D eigenvalue weighted by Gasteiger charge is -2.24. The van der Waals surface area contributed by atoms with Gasteiger partial charge in [0.2, 0.25) is 5.91 Å². The zero-order chi connectivity index (χ0) is 29.8. The normalized spacial score (nSPS) is 11.5. The highest BCUT2D eigenvalue weighted by Gasteiger charge is 2.27. The van der Waals surface area contributed by atoms with E-state index < -0.39 is 32.5 Å². The van der Waals surface area contributed by atoms with E-state index in [1.54, 1.807) is 6.07 Å². The fraction of sp³-hybridized carbons (Fsp3) is 0.138. The van der Waals surface area contributed by atoms with Crippen LogP contribution in [0.5, 0.6) is 5.75 Å². The molecule has 0 unspecified atom stereocenters. The summed E-state index contributed by atoms with van der Waals surface area (Å²) in [4.78, 5) is 13.0. The van der Waals surface area contributed by atoms with Crippen molar-refractivity contribution >= 4 is 54.6 Å². The van der Waals surface area contributed by atoms with Gasteiger partial charge in [-0.25, -0.2) is 16.8 Å². The molecule has 0 spiro atoms. The van der Waals surface area contributed by atoms with E-state index in [1.807, 2.05) is 26.0 Å². The van der Waals surface area contributed by atoms with Crippen LogP contribution >= 0.6 is 11.6 Å². The van der Waals surface area contributed by atoms with Gasteiger partial charge in [0.25, 0.3) is 20.0 Å². The maximum absolute atomic E-state index is 13.6. The summed E-state index contributed by atoms with van der Waals surface area (Å²) >= 11 is 5.99. The molecule has 0 atom stereocenters. The molecular formula is C29H28ClN3O6S2. The number of amides is 1. The molecule has 0 heterocycles. The van der Waals surface area contributed by atoms with Gasteiger partial charge in [-0.3, -0.25) is 13.8 Å². The first-order valence-electron chi connectivity index (χ1n) is 12.3. The molecule has 0 bridgehead atoms. The Bertz CT molecular complexity index is 1760. The fourth-order valence-corrected chi connectivity index (χ4v) is 6.66.